The van der Waals surface area contributed by atoms with E-state index in [4.69, 9.17) is 0 Å². The summed E-state index contributed by atoms with van der Waals surface area (Å²) in [6, 6.07) is 19.0. The van der Waals surface area contributed by atoms with Gasteiger partial charge in [0, 0.05) is 16.8 Å². The second-order valence-electron chi connectivity index (χ2n) is 5.35. The van der Waals surface area contributed by atoms with Gasteiger partial charge in [-0.1, -0.05) is 42.5 Å². The number of anilines is 1. The van der Waals surface area contributed by atoms with Crippen LogP contribution in [0.15, 0.2) is 60.8 Å². The number of pyridine rings is 1. The zero-order chi connectivity index (χ0) is 14.1. The van der Waals surface area contributed by atoms with E-state index in [-0.39, 0.29) is 0 Å². The topological polar surface area (TPSA) is 24.9 Å². The average molecular weight is 292 g/mol. The van der Waals surface area contributed by atoms with E-state index in [0.29, 0.717) is 0 Å². The van der Waals surface area contributed by atoms with Crippen molar-refractivity contribution in [3.8, 4) is 11.1 Å². The molecule has 0 atom stereocenters. The van der Waals surface area contributed by atoms with Crippen LogP contribution >= 0.6 is 11.9 Å². The van der Waals surface area contributed by atoms with Crippen LogP contribution in [0.2, 0.25) is 0 Å². The second kappa shape index (κ2) is 5.41. The van der Waals surface area contributed by atoms with Crippen LogP contribution in [0.5, 0.6) is 0 Å². The molecule has 1 aromatic heterocycles. The minimum atomic E-state index is 0.776. The Morgan fingerprint density at radius 3 is 2.62 bits per heavy atom. The van der Waals surface area contributed by atoms with E-state index in [1.165, 1.54) is 29.4 Å². The Bertz CT molecular complexity index is 767. The molecule has 1 aliphatic rings. The lowest BCUT2D eigenvalue weighted by atomic mass is 10.00. The quantitative estimate of drug-likeness (QED) is 0.675. The maximum atomic E-state index is 4.59. The van der Waals surface area contributed by atoms with Crippen LogP contribution in [0.4, 0.5) is 5.69 Å². The van der Waals surface area contributed by atoms with Crippen LogP contribution in [-0.4, -0.2) is 10.2 Å². The number of hydrogen-bond donors (Lipinski definition) is 1. The summed E-state index contributed by atoms with van der Waals surface area (Å²) in [5, 5.41) is 1.97. The fraction of sp³-hybridized carbons (Fsp3) is 0.167. The first-order chi connectivity index (χ1) is 10.4. The Labute approximate surface area is 128 Å². The molecular formula is C18H16N2S. The SMILES string of the molecule is c1ccc(-c2ccc(NSC3CC3)c3ncccc23)cc1. The zero-order valence-corrected chi connectivity index (χ0v) is 12.4. The standard InChI is InChI=1S/C18H16N2S/c1-2-5-13(6-3-1)15-10-11-17(20-21-14-8-9-14)18-16(15)7-4-12-19-18/h1-7,10-12,14,20H,8-9H2. The number of aromatic nitrogens is 1. The third kappa shape index (κ3) is 2.61. The first-order valence-electron chi connectivity index (χ1n) is 7.26. The summed E-state index contributed by atoms with van der Waals surface area (Å²) in [6.07, 6.45) is 4.51. The Morgan fingerprint density at radius 2 is 1.81 bits per heavy atom. The highest BCUT2D eigenvalue weighted by molar-refractivity contribution is 8.01. The molecule has 1 heterocycles. The normalized spacial score (nSPS) is 14.3. The van der Waals surface area contributed by atoms with Crippen molar-refractivity contribution in [3.05, 3.63) is 60.8 Å². The van der Waals surface area contributed by atoms with Crippen LogP contribution in [0.25, 0.3) is 22.0 Å². The molecular weight excluding hydrogens is 276 g/mol. The largest absolute Gasteiger partial charge is 0.328 e. The predicted octanol–water partition coefficient (Wildman–Crippen LogP) is 5.12. The molecule has 0 spiro atoms. The maximum Gasteiger partial charge on any atom is 0.0947 e. The minimum absolute atomic E-state index is 0.776. The third-order valence-corrected chi connectivity index (χ3v) is 4.86. The van der Waals surface area contributed by atoms with Gasteiger partial charge in [0.25, 0.3) is 0 Å². The Kier molecular flexibility index (Phi) is 3.28. The smallest absolute Gasteiger partial charge is 0.0947 e. The van der Waals surface area contributed by atoms with Crippen LogP contribution in [0, 0.1) is 0 Å². The molecule has 0 bridgehead atoms. The molecule has 1 fully saturated rings. The van der Waals surface area contributed by atoms with Gasteiger partial charge < -0.3 is 4.72 Å². The minimum Gasteiger partial charge on any atom is -0.328 e. The van der Waals surface area contributed by atoms with Crippen LogP contribution in [-0.2, 0) is 0 Å². The lowest BCUT2D eigenvalue weighted by Crippen LogP contribution is -1.93. The van der Waals surface area contributed by atoms with E-state index in [0.717, 1.165) is 16.5 Å². The lowest BCUT2D eigenvalue weighted by molar-refractivity contribution is 1.41. The summed E-state index contributed by atoms with van der Waals surface area (Å²) < 4.78 is 3.48. The summed E-state index contributed by atoms with van der Waals surface area (Å²) in [7, 11) is 0. The van der Waals surface area contributed by atoms with Gasteiger partial charge in [0.15, 0.2) is 0 Å². The van der Waals surface area contributed by atoms with Gasteiger partial charge in [-0.2, -0.15) is 0 Å². The fourth-order valence-corrected chi connectivity index (χ4v) is 3.29. The molecule has 21 heavy (non-hydrogen) atoms. The van der Waals surface area contributed by atoms with Crippen molar-refractivity contribution in [3.63, 3.8) is 0 Å². The number of nitrogens with one attached hydrogen (secondary N) is 1. The monoisotopic (exact) mass is 292 g/mol. The van der Waals surface area contributed by atoms with Crippen molar-refractivity contribution in [2.24, 2.45) is 0 Å². The van der Waals surface area contributed by atoms with Gasteiger partial charge >= 0.3 is 0 Å². The molecule has 2 aromatic carbocycles. The summed E-state index contributed by atoms with van der Waals surface area (Å²) in [6.45, 7) is 0. The molecule has 0 radical (unpaired) electrons. The van der Waals surface area contributed by atoms with Gasteiger partial charge in [0.05, 0.1) is 11.2 Å². The molecule has 1 saturated carbocycles. The number of hydrogen-bond acceptors (Lipinski definition) is 3. The second-order valence-corrected chi connectivity index (χ2v) is 6.45. The first kappa shape index (κ1) is 12.7. The Balaban J connectivity index is 1.80. The third-order valence-electron chi connectivity index (χ3n) is 3.71. The van der Waals surface area contributed by atoms with E-state index < -0.39 is 0 Å². The number of nitrogens with zero attached hydrogens (tertiary/aromatic N) is 1. The fourth-order valence-electron chi connectivity index (χ4n) is 2.46. The molecule has 1 N–H and O–H groups in total. The molecule has 0 aliphatic heterocycles. The van der Waals surface area contributed by atoms with Gasteiger partial charge in [-0.15, -0.1) is 0 Å². The molecule has 3 aromatic rings. The molecule has 1 aliphatic carbocycles. The lowest BCUT2D eigenvalue weighted by Gasteiger charge is -2.11. The van der Waals surface area contributed by atoms with Gasteiger partial charge in [0.2, 0.25) is 0 Å². The average Bonchev–Trinajstić information content (AvgIpc) is 3.38. The number of benzene rings is 2. The van der Waals surface area contributed by atoms with Crippen molar-refractivity contribution >= 4 is 28.5 Å². The van der Waals surface area contributed by atoms with Crippen LogP contribution in [0.1, 0.15) is 12.8 Å². The van der Waals surface area contributed by atoms with E-state index in [1.54, 1.807) is 0 Å². The number of rotatable bonds is 4. The molecule has 2 nitrogen and oxygen atoms in total. The summed E-state index contributed by atoms with van der Waals surface area (Å²) in [5.41, 5.74) is 4.63. The van der Waals surface area contributed by atoms with Crippen molar-refractivity contribution in [2.75, 3.05) is 4.72 Å². The van der Waals surface area contributed by atoms with E-state index in [9.17, 15) is 0 Å². The molecule has 0 saturated heterocycles. The van der Waals surface area contributed by atoms with Gasteiger partial charge in [0.1, 0.15) is 0 Å². The highest BCUT2D eigenvalue weighted by atomic mass is 32.2. The van der Waals surface area contributed by atoms with E-state index in [2.05, 4.69) is 52.2 Å². The van der Waals surface area contributed by atoms with E-state index in [1.807, 2.05) is 30.3 Å². The summed E-state index contributed by atoms with van der Waals surface area (Å²) in [5.74, 6) is 0. The van der Waals surface area contributed by atoms with Crippen molar-refractivity contribution in [1.29, 1.82) is 0 Å². The van der Waals surface area contributed by atoms with Gasteiger partial charge in [-0.3, -0.25) is 4.98 Å². The highest BCUT2D eigenvalue weighted by Crippen LogP contribution is 2.37. The first-order valence-corrected chi connectivity index (χ1v) is 8.14. The molecule has 0 amide bonds. The van der Waals surface area contributed by atoms with Crippen molar-refractivity contribution in [2.45, 2.75) is 18.1 Å². The van der Waals surface area contributed by atoms with Crippen molar-refractivity contribution in [1.82, 2.24) is 4.98 Å². The predicted molar refractivity (Wildman–Crippen MR) is 91.4 cm³/mol. The Hall–Kier alpha value is -2.00. The Morgan fingerprint density at radius 1 is 0.952 bits per heavy atom. The highest BCUT2D eigenvalue weighted by Gasteiger charge is 2.22. The summed E-state index contributed by atoms with van der Waals surface area (Å²) >= 11 is 1.82. The van der Waals surface area contributed by atoms with Crippen LogP contribution in [0.3, 0.4) is 0 Å². The zero-order valence-electron chi connectivity index (χ0n) is 11.6. The summed E-state index contributed by atoms with van der Waals surface area (Å²) in [4.78, 5) is 4.59. The molecule has 0 unspecified atom stereocenters. The van der Waals surface area contributed by atoms with Gasteiger partial charge in [-0.05, 0) is 48.0 Å². The molecule has 3 heteroatoms. The van der Waals surface area contributed by atoms with E-state index >= 15 is 0 Å². The molecule has 104 valence electrons. The molecule has 4 rings (SSSR count). The maximum absolute atomic E-state index is 4.59. The van der Waals surface area contributed by atoms with Crippen LogP contribution < -0.4 is 4.72 Å². The number of fused-ring (bicyclic) bond motifs is 1. The van der Waals surface area contributed by atoms with Gasteiger partial charge in [-0.25, -0.2) is 0 Å². The van der Waals surface area contributed by atoms with Crippen molar-refractivity contribution < 1.29 is 0 Å².